The summed E-state index contributed by atoms with van der Waals surface area (Å²) in [6, 6.07) is 7.25. The first-order chi connectivity index (χ1) is 9.67. The van der Waals surface area contributed by atoms with E-state index in [0.29, 0.717) is 31.2 Å². The van der Waals surface area contributed by atoms with Gasteiger partial charge in [0, 0.05) is 25.5 Å². The van der Waals surface area contributed by atoms with E-state index in [-0.39, 0.29) is 5.91 Å². The van der Waals surface area contributed by atoms with Crippen molar-refractivity contribution < 1.29 is 13.9 Å². The average molecular weight is 275 g/mol. The first-order valence-corrected chi connectivity index (χ1v) is 6.49. The molecule has 20 heavy (non-hydrogen) atoms. The van der Waals surface area contributed by atoms with E-state index in [0.717, 1.165) is 11.4 Å². The van der Waals surface area contributed by atoms with E-state index in [4.69, 9.17) is 9.15 Å². The molecule has 1 aromatic carbocycles. The van der Waals surface area contributed by atoms with Gasteiger partial charge in [0.2, 0.25) is 17.7 Å². The number of nitrogens with one attached hydrogen (secondary N) is 1. The molecule has 1 heterocycles. The van der Waals surface area contributed by atoms with E-state index in [9.17, 15) is 4.79 Å². The van der Waals surface area contributed by atoms with E-state index in [1.807, 2.05) is 19.1 Å². The molecule has 0 aliphatic carbocycles. The van der Waals surface area contributed by atoms with Gasteiger partial charge in [-0.1, -0.05) is 0 Å². The van der Waals surface area contributed by atoms with E-state index < -0.39 is 0 Å². The Balaban J connectivity index is 1.81. The van der Waals surface area contributed by atoms with Crippen molar-refractivity contribution in [3.05, 3.63) is 36.0 Å². The van der Waals surface area contributed by atoms with Gasteiger partial charge in [0.15, 0.2) is 0 Å². The molecule has 1 N–H and O–H groups in total. The number of ether oxygens (including phenoxy) is 1. The van der Waals surface area contributed by atoms with Crippen LogP contribution in [0.5, 0.6) is 5.75 Å². The van der Waals surface area contributed by atoms with Crippen LogP contribution in [0.3, 0.4) is 0 Å². The molecule has 1 amide bonds. The number of benzene rings is 1. The second-order valence-electron chi connectivity index (χ2n) is 4.22. The van der Waals surface area contributed by atoms with Gasteiger partial charge in [0.25, 0.3) is 0 Å². The first kappa shape index (κ1) is 14.0. The Labute approximate surface area is 117 Å². The minimum atomic E-state index is -0.0926. The third kappa shape index (κ3) is 4.08. The maximum absolute atomic E-state index is 11.8. The molecule has 0 fully saturated rings. The Bertz CT molecular complexity index is 563. The van der Waals surface area contributed by atoms with Gasteiger partial charge < -0.3 is 14.5 Å². The van der Waals surface area contributed by atoms with Gasteiger partial charge in [-0.15, -0.1) is 10.2 Å². The molecule has 0 saturated carbocycles. The lowest BCUT2D eigenvalue weighted by Gasteiger charge is -2.06. The zero-order valence-electron chi connectivity index (χ0n) is 11.5. The molecule has 0 spiro atoms. The molecule has 106 valence electrons. The van der Waals surface area contributed by atoms with Crippen molar-refractivity contribution in [2.75, 3.05) is 11.9 Å². The lowest BCUT2D eigenvalue weighted by atomic mass is 10.2. The quantitative estimate of drug-likeness (QED) is 0.875. The highest BCUT2D eigenvalue weighted by atomic mass is 16.5. The number of anilines is 1. The molecule has 0 radical (unpaired) electrons. The number of rotatable bonds is 6. The average Bonchev–Trinajstić information content (AvgIpc) is 2.85. The van der Waals surface area contributed by atoms with Crippen molar-refractivity contribution in [3.8, 4) is 5.75 Å². The predicted molar refractivity (Wildman–Crippen MR) is 73.6 cm³/mol. The molecule has 0 atom stereocenters. The van der Waals surface area contributed by atoms with E-state index in [2.05, 4.69) is 15.5 Å². The van der Waals surface area contributed by atoms with Crippen LogP contribution < -0.4 is 10.1 Å². The SMILES string of the molecule is CCOc1ccc(NC(=O)CCc2nnc(C)o2)cc1. The first-order valence-electron chi connectivity index (χ1n) is 6.49. The van der Waals surface area contributed by atoms with Crippen LogP contribution in [0.2, 0.25) is 0 Å². The third-order valence-electron chi connectivity index (χ3n) is 2.58. The van der Waals surface area contributed by atoms with Crippen LogP contribution in [0, 0.1) is 6.92 Å². The molecular weight excluding hydrogens is 258 g/mol. The summed E-state index contributed by atoms with van der Waals surface area (Å²) in [5.41, 5.74) is 0.736. The summed E-state index contributed by atoms with van der Waals surface area (Å²) in [4.78, 5) is 11.8. The maximum atomic E-state index is 11.8. The number of aryl methyl sites for hydroxylation is 2. The van der Waals surface area contributed by atoms with Crippen LogP contribution in [-0.2, 0) is 11.2 Å². The summed E-state index contributed by atoms with van der Waals surface area (Å²) < 4.78 is 10.5. The Kier molecular flexibility index (Phi) is 4.70. The zero-order valence-corrected chi connectivity index (χ0v) is 11.5. The van der Waals surface area contributed by atoms with Crippen molar-refractivity contribution in [2.24, 2.45) is 0 Å². The number of carbonyl (C=O) groups is 1. The van der Waals surface area contributed by atoms with Gasteiger partial charge in [-0.3, -0.25) is 4.79 Å². The summed E-state index contributed by atoms with van der Waals surface area (Å²) >= 11 is 0. The molecule has 6 heteroatoms. The minimum Gasteiger partial charge on any atom is -0.494 e. The smallest absolute Gasteiger partial charge is 0.224 e. The fourth-order valence-corrected chi connectivity index (χ4v) is 1.68. The lowest BCUT2D eigenvalue weighted by molar-refractivity contribution is -0.116. The Morgan fingerprint density at radius 1 is 1.30 bits per heavy atom. The maximum Gasteiger partial charge on any atom is 0.224 e. The third-order valence-corrected chi connectivity index (χ3v) is 2.58. The number of nitrogens with zero attached hydrogens (tertiary/aromatic N) is 2. The normalized spacial score (nSPS) is 10.3. The molecule has 2 aromatic rings. The van der Waals surface area contributed by atoms with Crippen LogP contribution in [0.1, 0.15) is 25.1 Å². The molecule has 1 aromatic heterocycles. The van der Waals surface area contributed by atoms with Crippen LogP contribution in [0.4, 0.5) is 5.69 Å². The Morgan fingerprint density at radius 3 is 2.65 bits per heavy atom. The summed E-state index contributed by atoms with van der Waals surface area (Å²) in [5.74, 6) is 1.67. The van der Waals surface area contributed by atoms with Gasteiger partial charge >= 0.3 is 0 Å². The number of carbonyl (C=O) groups excluding carboxylic acids is 1. The predicted octanol–water partition coefficient (Wildman–Crippen LogP) is 2.35. The van der Waals surface area contributed by atoms with Crippen molar-refractivity contribution in [2.45, 2.75) is 26.7 Å². The molecular formula is C14H17N3O3. The number of aromatic nitrogens is 2. The van der Waals surface area contributed by atoms with E-state index in [1.165, 1.54) is 0 Å². The molecule has 6 nitrogen and oxygen atoms in total. The van der Waals surface area contributed by atoms with Gasteiger partial charge in [0.1, 0.15) is 5.75 Å². The van der Waals surface area contributed by atoms with Gasteiger partial charge in [-0.2, -0.15) is 0 Å². The lowest BCUT2D eigenvalue weighted by Crippen LogP contribution is -2.12. The second-order valence-corrected chi connectivity index (χ2v) is 4.22. The van der Waals surface area contributed by atoms with Crippen molar-refractivity contribution in [1.82, 2.24) is 10.2 Å². The molecule has 0 unspecified atom stereocenters. The topological polar surface area (TPSA) is 77.2 Å². The molecule has 2 rings (SSSR count). The second kappa shape index (κ2) is 6.70. The molecule has 0 aliphatic rings. The molecule has 0 bridgehead atoms. The van der Waals surface area contributed by atoms with E-state index >= 15 is 0 Å². The monoisotopic (exact) mass is 275 g/mol. The number of hydrogen-bond acceptors (Lipinski definition) is 5. The van der Waals surface area contributed by atoms with Crippen LogP contribution in [0.25, 0.3) is 0 Å². The van der Waals surface area contributed by atoms with Gasteiger partial charge in [0.05, 0.1) is 6.61 Å². The fraction of sp³-hybridized carbons (Fsp3) is 0.357. The van der Waals surface area contributed by atoms with Crippen LogP contribution in [0.15, 0.2) is 28.7 Å². The Morgan fingerprint density at radius 2 is 2.05 bits per heavy atom. The summed E-state index contributed by atoms with van der Waals surface area (Å²) in [6.45, 7) is 4.26. The molecule has 0 saturated heterocycles. The largest absolute Gasteiger partial charge is 0.494 e. The minimum absolute atomic E-state index is 0.0926. The summed E-state index contributed by atoms with van der Waals surface area (Å²) in [6.07, 6.45) is 0.735. The summed E-state index contributed by atoms with van der Waals surface area (Å²) in [5, 5.41) is 10.4. The fourth-order valence-electron chi connectivity index (χ4n) is 1.68. The number of amides is 1. The highest BCUT2D eigenvalue weighted by Gasteiger charge is 2.07. The molecule has 0 aliphatic heterocycles. The Hall–Kier alpha value is -2.37. The zero-order chi connectivity index (χ0) is 14.4. The van der Waals surface area contributed by atoms with Crippen molar-refractivity contribution in [3.63, 3.8) is 0 Å². The van der Waals surface area contributed by atoms with Crippen LogP contribution >= 0.6 is 0 Å². The van der Waals surface area contributed by atoms with E-state index in [1.54, 1.807) is 19.1 Å². The van der Waals surface area contributed by atoms with Gasteiger partial charge in [-0.25, -0.2) is 0 Å². The van der Waals surface area contributed by atoms with Gasteiger partial charge in [-0.05, 0) is 31.2 Å². The highest BCUT2D eigenvalue weighted by molar-refractivity contribution is 5.90. The standard InChI is InChI=1S/C14H17N3O3/c1-3-19-12-6-4-11(5-7-12)15-13(18)8-9-14-17-16-10(2)20-14/h4-7H,3,8-9H2,1-2H3,(H,15,18). The van der Waals surface area contributed by atoms with Crippen LogP contribution in [-0.4, -0.2) is 22.7 Å². The van der Waals surface area contributed by atoms with Crippen molar-refractivity contribution in [1.29, 1.82) is 0 Å². The number of hydrogen-bond donors (Lipinski definition) is 1. The highest BCUT2D eigenvalue weighted by Crippen LogP contribution is 2.16. The summed E-state index contributed by atoms with van der Waals surface area (Å²) in [7, 11) is 0. The van der Waals surface area contributed by atoms with Crippen molar-refractivity contribution >= 4 is 11.6 Å².